The molecule has 4 aromatic rings. The highest BCUT2D eigenvalue weighted by molar-refractivity contribution is 7.90. The van der Waals surface area contributed by atoms with E-state index in [1.165, 1.54) is 3.97 Å². The summed E-state index contributed by atoms with van der Waals surface area (Å²) in [6.45, 7) is 0.477. The van der Waals surface area contributed by atoms with Gasteiger partial charge >= 0.3 is 0 Å². The van der Waals surface area contributed by atoms with Crippen molar-refractivity contribution in [1.29, 1.82) is 0 Å². The number of benzene rings is 3. The number of fused-ring (bicyclic) bond motifs is 1. The van der Waals surface area contributed by atoms with Crippen LogP contribution in [0.1, 0.15) is 5.69 Å². The fraction of sp³-hybridized carbons (Fsp3) is 0.0909. The largest absolute Gasteiger partial charge is 0.369 e. The fourth-order valence-electron chi connectivity index (χ4n) is 3.30. The Hall–Kier alpha value is -3.05. The number of aromatic nitrogens is 1. The Kier molecular flexibility index (Phi) is 4.46. The monoisotopic (exact) mass is 376 g/mol. The van der Waals surface area contributed by atoms with Gasteiger partial charge in [0.2, 0.25) is 0 Å². The smallest absolute Gasteiger partial charge is 0.268 e. The lowest BCUT2D eigenvalue weighted by Crippen LogP contribution is -2.22. The Bertz CT molecular complexity index is 1170. The zero-order valence-electron chi connectivity index (χ0n) is 15.0. The highest BCUT2D eigenvalue weighted by atomic mass is 32.2. The SMILES string of the molecule is CN(Cc1cc2ccccc2n1S(=O)(=O)c1ccccc1)c1ccccc1. The lowest BCUT2D eigenvalue weighted by Gasteiger charge is -2.20. The van der Waals surface area contributed by atoms with Gasteiger partial charge in [0.25, 0.3) is 10.0 Å². The van der Waals surface area contributed by atoms with Crippen LogP contribution in [0.15, 0.2) is 95.9 Å². The van der Waals surface area contributed by atoms with Gasteiger partial charge in [0.1, 0.15) is 0 Å². The second kappa shape index (κ2) is 6.93. The molecule has 0 aliphatic heterocycles. The number of nitrogens with zero attached hydrogens (tertiary/aromatic N) is 2. The van der Waals surface area contributed by atoms with Crippen LogP contribution < -0.4 is 4.90 Å². The van der Waals surface area contributed by atoms with Crippen molar-refractivity contribution in [3.05, 3.63) is 96.7 Å². The highest BCUT2D eigenvalue weighted by Crippen LogP contribution is 2.27. The molecular formula is C22H20N2O2S. The molecule has 0 saturated carbocycles. The van der Waals surface area contributed by atoms with Crippen molar-refractivity contribution in [3.63, 3.8) is 0 Å². The molecule has 0 aliphatic carbocycles. The van der Waals surface area contributed by atoms with Crippen LogP contribution in [0.2, 0.25) is 0 Å². The molecule has 0 bridgehead atoms. The summed E-state index contributed by atoms with van der Waals surface area (Å²) < 4.78 is 28.3. The summed E-state index contributed by atoms with van der Waals surface area (Å²) in [6.07, 6.45) is 0. The third-order valence-electron chi connectivity index (χ3n) is 4.62. The van der Waals surface area contributed by atoms with Crippen LogP contribution >= 0.6 is 0 Å². The van der Waals surface area contributed by atoms with E-state index in [9.17, 15) is 8.42 Å². The van der Waals surface area contributed by atoms with Gasteiger partial charge in [-0.05, 0) is 36.4 Å². The minimum Gasteiger partial charge on any atom is -0.369 e. The number of para-hydroxylation sites is 2. The molecule has 3 aromatic carbocycles. The van der Waals surface area contributed by atoms with Crippen LogP contribution in [0.25, 0.3) is 10.9 Å². The average Bonchev–Trinajstić information content (AvgIpc) is 3.08. The predicted octanol–water partition coefficient (Wildman–Crippen LogP) is 4.51. The standard InChI is InChI=1S/C22H20N2O2S/c1-23(19-11-4-2-5-12-19)17-20-16-18-10-8-9-15-22(18)24(20)27(25,26)21-13-6-3-7-14-21/h2-16H,17H2,1H3. The van der Waals surface area contributed by atoms with Gasteiger partial charge in [-0.2, -0.15) is 0 Å². The van der Waals surface area contributed by atoms with Gasteiger partial charge in [-0.3, -0.25) is 0 Å². The zero-order chi connectivity index (χ0) is 18.9. The first-order chi connectivity index (χ1) is 13.1. The molecule has 0 fully saturated rings. The van der Waals surface area contributed by atoms with Gasteiger partial charge in [0.15, 0.2) is 0 Å². The van der Waals surface area contributed by atoms with Crippen LogP contribution in [0.4, 0.5) is 5.69 Å². The van der Waals surface area contributed by atoms with Crippen LogP contribution in [-0.4, -0.2) is 19.4 Å². The van der Waals surface area contributed by atoms with Crippen molar-refractivity contribution < 1.29 is 8.42 Å². The van der Waals surface area contributed by atoms with Gasteiger partial charge in [-0.15, -0.1) is 0 Å². The molecular weight excluding hydrogens is 356 g/mol. The van der Waals surface area contributed by atoms with E-state index in [1.807, 2.05) is 78.7 Å². The fourth-order valence-corrected chi connectivity index (χ4v) is 4.85. The maximum atomic E-state index is 13.4. The summed E-state index contributed by atoms with van der Waals surface area (Å²) >= 11 is 0. The molecule has 0 aliphatic rings. The third kappa shape index (κ3) is 3.22. The zero-order valence-corrected chi connectivity index (χ0v) is 15.8. The molecule has 0 spiro atoms. The van der Waals surface area contributed by atoms with Gasteiger partial charge in [0.05, 0.1) is 22.7 Å². The molecule has 0 N–H and O–H groups in total. The minimum absolute atomic E-state index is 0.287. The second-order valence-electron chi connectivity index (χ2n) is 6.47. The van der Waals surface area contributed by atoms with E-state index in [-0.39, 0.29) is 4.90 Å². The van der Waals surface area contributed by atoms with Crippen LogP contribution in [0.5, 0.6) is 0 Å². The van der Waals surface area contributed by atoms with Gasteiger partial charge in [-0.1, -0.05) is 54.6 Å². The van der Waals surface area contributed by atoms with Gasteiger partial charge in [0, 0.05) is 18.1 Å². The summed E-state index contributed by atoms with van der Waals surface area (Å²) in [7, 11) is -1.73. The lowest BCUT2D eigenvalue weighted by atomic mass is 10.2. The van der Waals surface area contributed by atoms with E-state index < -0.39 is 10.0 Å². The molecule has 5 heteroatoms. The van der Waals surface area contributed by atoms with Crippen molar-refractivity contribution in [2.24, 2.45) is 0 Å². The van der Waals surface area contributed by atoms with Gasteiger partial charge < -0.3 is 4.90 Å². The molecule has 1 heterocycles. The van der Waals surface area contributed by atoms with Crippen molar-refractivity contribution in [3.8, 4) is 0 Å². The molecule has 1 aromatic heterocycles. The lowest BCUT2D eigenvalue weighted by molar-refractivity contribution is 0.586. The van der Waals surface area contributed by atoms with Crippen molar-refractivity contribution in [2.45, 2.75) is 11.4 Å². The Morgan fingerprint density at radius 2 is 1.41 bits per heavy atom. The Balaban J connectivity index is 1.86. The molecule has 0 saturated heterocycles. The molecule has 4 rings (SSSR count). The summed E-state index contributed by atoms with van der Waals surface area (Å²) in [5.74, 6) is 0. The van der Waals surface area contributed by atoms with E-state index in [0.29, 0.717) is 12.1 Å². The van der Waals surface area contributed by atoms with Crippen LogP contribution in [0, 0.1) is 0 Å². The molecule has 0 radical (unpaired) electrons. The van der Waals surface area contributed by atoms with Crippen LogP contribution in [0.3, 0.4) is 0 Å². The van der Waals surface area contributed by atoms with Gasteiger partial charge in [-0.25, -0.2) is 12.4 Å². The predicted molar refractivity (Wildman–Crippen MR) is 110 cm³/mol. The number of anilines is 1. The maximum absolute atomic E-state index is 13.4. The Morgan fingerprint density at radius 1 is 0.815 bits per heavy atom. The van der Waals surface area contributed by atoms with E-state index in [4.69, 9.17) is 0 Å². The quantitative estimate of drug-likeness (QED) is 0.514. The number of hydrogen-bond donors (Lipinski definition) is 0. The molecule has 4 nitrogen and oxygen atoms in total. The average molecular weight is 376 g/mol. The molecule has 136 valence electrons. The van der Waals surface area contributed by atoms with Crippen molar-refractivity contribution in [1.82, 2.24) is 3.97 Å². The van der Waals surface area contributed by atoms with E-state index in [0.717, 1.165) is 16.8 Å². The first kappa shape index (κ1) is 17.4. The first-order valence-corrected chi connectivity index (χ1v) is 10.2. The summed E-state index contributed by atoms with van der Waals surface area (Å²) in [4.78, 5) is 2.33. The molecule has 0 unspecified atom stereocenters. The normalized spacial score (nSPS) is 11.6. The third-order valence-corrected chi connectivity index (χ3v) is 6.40. The van der Waals surface area contributed by atoms with E-state index in [2.05, 4.69) is 0 Å². The molecule has 0 amide bonds. The second-order valence-corrected chi connectivity index (χ2v) is 8.26. The number of rotatable bonds is 5. The Labute approximate surface area is 159 Å². The topological polar surface area (TPSA) is 42.3 Å². The van der Waals surface area contributed by atoms with Crippen molar-refractivity contribution >= 4 is 26.6 Å². The number of hydrogen-bond acceptors (Lipinski definition) is 3. The maximum Gasteiger partial charge on any atom is 0.268 e. The Morgan fingerprint density at radius 3 is 2.11 bits per heavy atom. The highest BCUT2D eigenvalue weighted by Gasteiger charge is 2.23. The summed E-state index contributed by atoms with van der Waals surface area (Å²) in [5, 5.41) is 0.911. The summed E-state index contributed by atoms with van der Waals surface area (Å²) in [5.41, 5.74) is 2.45. The van der Waals surface area contributed by atoms with Crippen LogP contribution in [-0.2, 0) is 16.6 Å². The van der Waals surface area contributed by atoms with E-state index >= 15 is 0 Å². The van der Waals surface area contributed by atoms with Crippen molar-refractivity contribution in [2.75, 3.05) is 11.9 Å². The minimum atomic E-state index is -3.69. The summed E-state index contributed by atoms with van der Waals surface area (Å²) in [6, 6.07) is 28.0. The molecule has 27 heavy (non-hydrogen) atoms. The first-order valence-electron chi connectivity index (χ1n) is 8.73. The molecule has 0 atom stereocenters. The van der Waals surface area contributed by atoms with E-state index in [1.54, 1.807) is 24.3 Å².